The van der Waals surface area contributed by atoms with Crippen molar-refractivity contribution in [3.63, 3.8) is 0 Å². The van der Waals surface area contributed by atoms with Crippen molar-refractivity contribution in [2.45, 2.75) is 12.5 Å². The van der Waals surface area contributed by atoms with Crippen molar-refractivity contribution in [2.75, 3.05) is 25.1 Å². The summed E-state index contributed by atoms with van der Waals surface area (Å²) in [4.78, 5) is 2.13. The standard InChI is InChI=1S/C12H16ClN3O2/c1-18-9-4-5-16(7-9)11-6-8(13)2-3-10(11)12(14)15-17/h2-3,6,9,17H,4-5,7H2,1H3,(H2,14,15). The van der Waals surface area contributed by atoms with Crippen LogP contribution < -0.4 is 10.6 Å². The van der Waals surface area contributed by atoms with E-state index in [-0.39, 0.29) is 11.9 Å². The lowest BCUT2D eigenvalue weighted by molar-refractivity contribution is 0.121. The maximum Gasteiger partial charge on any atom is 0.172 e. The minimum atomic E-state index is 0.0857. The maximum atomic E-state index is 8.81. The predicted molar refractivity (Wildman–Crippen MR) is 71.6 cm³/mol. The highest BCUT2D eigenvalue weighted by Crippen LogP contribution is 2.28. The summed E-state index contributed by atoms with van der Waals surface area (Å²) in [6, 6.07) is 5.31. The van der Waals surface area contributed by atoms with E-state index in [2.05, 4.69) is 10.1 Å². The van der Waals surface area contributed by atoms with Crippen LogP contribution in [0.4, 0.5) is 5.69 Å². The number of rotatable bonds is 3. The summed E-state index contributed by atoms with van der Waals surface area (Å²) in [7, 11) is 1.70. The molecule has 1 aromatic rings. The first-order valence-electron chi connectivity index (χ1n) is 5.71. The van der Waals surface area contributed by atoms with Crippen LogP contribution >= 0.6 is 11.6 Å². The van der Waals surface area contributed by atoms with Gasteiger partial charge in [-0.1, -0.05) is 16.8 Å². The molecule has 0 spiro atoms. The minimum Gasteiger partial charge on any atom is -0.409 e. The number of nitrogens with two attached hydrogens (primary N) is 1. The third-order valence-electron chi connectivity index (χ3n) is 3.16. The molecule has 1 aromatic carbocycles. The summed E-state index contributed by atoms with van der Waals surface area (Å²) in [5.41, 5.74) is 7.23. The Hall–Kier alpha value is -1.46. The molecule has 0 aliphatic carbocycles. The van der Waals surface area contributed by atoms with Crippen LogP contribution in [-0.2, 0) is 4.74 Å². The Balaban J connectivity index is 2.34. The number of hydrogen-bond donors (Lipinski definition) is 2. The lowest BCUT2D eigenvalue weighted by Crippen LogP contribution is -2.26. The summed E-state index contributed by atoms with van der Waals surface area (Å²) in [5, 5.41) is 12.5. The Labute approximate surface area is 111 Å². The van der Waals surface area contributed by atoms with Crippen molar-refractivity contribution in [3.8, 4) is 0 Å². The van der Waals surface area contributed by atoms with E-state index in [0.29, 0.717) is 10.6 Å². The van der Waals surface area contributed by atoms with Gasteiger partial charge in [0.1, 0.15) is 0 Å². The monoisotopic (exact) mass is 269 g/mol. The molecule has 1 heterocycles. The van der Waals surface area contributed by atoms with Crippen molar-refractivity contribution in [1.82, 2.24) is 0 Å². The topological polar surface area (TPSA) is 71.1 Å². The molecule has 3 N–H and O–H groups in total. The molecule has 1 saturated heterocycles. The predicted octanol–water partition coefficient (Wildman–Crippen LogP) is 1.66. The number of amidine groups is 1. The Bertz CT molecular complexity index is 465. The Morgan fingerprint density at radius 3 is 3.00 bits per heavy atom. The Morgan fingerprint density at radius 2 is 2.39 bits per heavy atom. The van der Waals surface area contributed by atoms with Gasteiger partial charge in [0.25, 0.3) is 0 Å². The van der Waals surface area contributed by atoms with Gasteiger partial charge in [-0.25, -0.2) is 0 Å². The summed E-state index contributed by atoms with van der Waals surface area (Å²) >= 11 is 6.01. The first kappa shape index (κ1) is 13.0. The average molecular weight is 270 g/mol. The normalized spacial score (nSPS) is 20.4. The third kappa shape index (κ3) is 2.52. The highest BCUT2D eigenvalue weighted by molar-refractivity contribution is 6.31. The largest absolute Gasteiger partial charge is 0.409 e. The fraction of sp³-hybridized carbons (Fsp3) is 0.417. The van der Waals surface area contributed by atoms with Gasteiger partial charge in [0.05, 0.1) is 6.10 Å². The van der Waals surface area contributed by atoms with E-state index in [1.807, 2.05) is 6.07 Å². The SMILES string of the molecule is COC1CCN(c2cc(Cl)ccc2/C(N)=N/O)C1. The van der Waals surface area contributed by atoms with Crippen molar-refractivity contribution in [2.24, 2.45) is 10.9 Å². The zero-order valence-electron chi connectivity index (χ0n) is 10.1. The van der Waals surface area contributed by atoms with Gasteiger partial charge in [-0.15, -0.1) is 0 Å². The molecule has 1 aliphatic heterocycles. The van der Waals surface area contributed by atoms with Crippen molar-refractivity contribution in [3.05, 3.63) is 28.8 Å². The first-order valence-corrected chi connectivity index (χ1v) is 6.08. The number of nitrogens with zero attached hydrogens (tertiary/aromatic N) is 2. The van der Waals surface area contributed by atoms with Crippen LogP contribution in [0.3, 0.4) is 0 Å². The molecule has 98 valence electrons. The number of benzene rings is 1. The lowest BCUT2D eigenvalue weighted by Gasteiger charge is -2.21. The second-order valence-electron chi connectivity index (χ2n) is 4.24. The second kappa shape index (κ2) is 5.46. The average Bonchev–Trinajstić information content (AvgIpc) is 2.86. The second-order valence-corrected chi connectivity index (χ2v) is 4.68. The molecule has 1 unspecified atom stereocenters. The summed E-state index contributed by atoms with van der Waals surface area (Å²) in [5.74, 6) is 0.0857. The molecule has 6 heteroatoms. The highest BCUT2D eigenvalue weighted by Gasteiger charge is 2.24. The van der Waals surface area contributed by atoms with E-state index in [1.165, 1.54) is 0 Å². The van der Waals surface area contributed by atoms with Crippen LogP contribution in [0.15, 0.2) is 23.4 Å². The number of methoxy groups -OCH3 is 1. The summed E-state index contributed by atoms with van der Waals surface area (Å²) in [6.45, 7) is 1.65. The lowest BCUT2D eigenvalue weighted by atomic mass is 10.1. The van der Waals surface area contributed by atoms with E-state index in [9.17, 15) is 0 Å². The molecule has 0 amide bonds. The summed E-state index contributed by atoms with van der Waals surface area (Å²) < 4.78 is 5.33. The number of ether oxygens (including phenoxy) is 1. The smallest absolute Gasteiger partial charge is 0.172 e. The molecule has 0 saturated carbocycles. The fourth-order valence-corrected chi connectivity index (χ4v) is 2.34. The van der Waals surface area contributed by atoms with Crippen LogP contribution in [0.2, 0.25) is 5.02 Å². The zero-order chi connectivity index (χ0) is 13.1. The van der Waals surface area contributed by atoms with E-state index < -0.39 is 0 Å². The number of anilines is 1. The molecule has 5 nitrogen and oxygen atoms in total. The Kier molecular flexibility index (Phi) is 3.93. The van der Waals surface area contributed by atoms with Crippen LogP contribution in [0.5, 0.6) is 0 Å². The molecule has 0 radical (unpaired) electrons. The molecule has 0 bridgehead atoms. The number of hydrogen-bond acceptors (Lipinski definition) is 4. The molecule has 1 atom stereocenters. The minimum absolute atomic E-state index is 0.0857. The molecular formula is C12H16ClN3O2. The molecule has 2 rings (SSSR count). The Morgan fingerprint density at radius 1 is 1.61 bits per heavy atom. The third-order valence-corrected chi connectivity index (χ3v) is 3.40. The number of oxime groups is 1. The maximum absolute atomic E-state index is 8.81. The molecular weight excluding hydrogens is 254 g/mol. The van der Waals surface area contributed by atoms with Crippen LogP contribution in [0, 0.1) is 0 Å². The van der Waals surface area contributed by atoms with E-state index >= 15 is 0 Å². The van der Waals surface area contributed by atoms with E-state index in [1.54, 1.807) is 19.2 Å². The quantitative estimate of drug-likeness (QED) is 0.379. The zero-order valence-corrected chi connectivity index (χ0v) is 10.9. The van der Waals surface area contributed by atoms with Crippen molar-refractivity contribution >= 4 is 23.1 Å². The highest BCUT2D eigenvalue weighted by atomic mass is 35.5. The number of halogens is 1. The van der Waals surface area contributed by atoms with E-state index in [0.717, 1.165) is 25.2 Å². The van der Waals surface area contributed by atoms with Crippen LogP contribution in [-0.4, -0.2) is 37.3 Å². The van der Waals surface area contributed by atoms with Gasteiger partial charge in [0, 0.05) is 36.5 Å². The molecule has 18 heavy (non-hydrogen) atoms. The van der Waals surface area contributed by atoms with Gasteiger partial charge in [-0.05, 0) is 24.6 Å². The molecule has 1 fully saturated rings. The van der Waals surface area contributed by atoms with Gasteiger partial charge < -0.3 is 20.6 Å². The van der Waals surface area contributed by atoms with Gasteiger partial charge in [-0.2, -0.15) is 0 Å². The fourth-order valence-electron chi connectivity index (χ4n) is 2.18. The van der Waals surface area contributed by atoms with Crippen LogP contribution in [0.1, 0.15) is 12.0 Å². The summed E-state index contributed by atoms with van der Waals surface area (Å²) in [6.07, 6.45) is 1.17. The van der Waals surface area contributed by atoms with E-state index in [4.69, 9.17) is 27.3 Å². The molecule has 1 aliphatic rings. The van der Waals surface area contributed by atoms with Crippen LogP contribution in [0.25, 0.3) is 0 Å². The van der Waals surface area contributed by atoms with Gasteiger partial charge in [-0.3, -0.25) is 0 Å². The van der Waals surface area contributed by atoms with Gasteiger partial charge in [0.2, 0.25) is 0 Å². The first-order chi connectivity index (χ1) is 8.65. The van der Waals surface area contributed by atoms with Gasteiger partial charge >= 0.3 is 0 Å². The van der Waals surface area contributed by atoms with Crippen molar-refractivity contribution in [1.29, 1.82) is 0 Å². The van der Waals surface area contributed by atoms with Crippen molar-refractivity contribution < 1.29 is 9.94 Å². The van der Waals surface area contributed by atoms with Gasteiger partial charge in [0.15, 0.2) is 5.84 Å². The molecule has 0 aromatic heterocycles.